The van der Waals surface area contributed by atoms with Crippen LogP contribution < -0.4 is 5.32 Å². The smallest absolute Gasteiger partial charge is 0.232 e. The molecule has 1 aromatic heterocycles. The fourth-order valence-electron chi connectivity index (χ4n) is 1.34. The maximum Gasteiger partial charge on any atom is 0.232 e. The number of hydrogen-bond donors (Lipinski definition) is 1. The number of anilines is 1. The SMILES string of the molecule is Cc1nc(CC(=O)Nc2ccc(F)c(F)c2)no1. The topological polar surface area (TPSA) is 68.0 Å². The van der Waals surface area contributed by atoms with Crippen LogP contribution in [-0.2, 0) is 11.2 Å². The Bertz CT molecular complexity index is 583. The van der Waals surface area contributed by atoms with Gasteiger partial charge in [-0.2, -0.15) is 4.98 Å². The number of halogens is 2. The fourth-order valence-corrected chi connectivity index (χ4v) is 1.34. The third-order valence-electron chi connectivity index (χ3n) is 2.09. The van der Waals surface area contributed by atoms with Gasteiger partial charge >= 0.3 is 0 Å². The monoisotopic (exact) mass is 253 g/mol. The molecule has 2 aromatic rings. The van der Waals surface area contributed by atoms with E-state index >= 15 is 0 Å². The number of nitrogens with zero attached hydrogens (tertiary/aromatic N) is 2. The van der Waals surface area contributed by atoms with Crippen LogP contribution >= 0.6 is 0 Å². The second-order valence-electron chi connectivity index (χ2n) is 3.58. The zero-order valence-electron chi connectivity index (χ0n) is 9.41. The highest BCUT2D eigenvalue weighted by molar-refractivity contribution is 5.91. The van der Waals surface area contributed by atoms with Gasteiger partial charge in [-0.1, -0.05) is 5.16 Å². The van der Waals surface area contributed by atoms with Crippen LogP contribution in [0.3, 0.4) is 0 Å². The van der Waals surface area contributed by atoms with Crippen molar-refractivity contribution in [1.82, 2.24) is 10.1 Å². The van der Waals surface area contributed by atoms with Crippen molar-refractivity contribution < 1.29 is 18.1 Å². The lowest BCUT2D eigenvalue weighted by atomic mass is 10.3. The highest BCUT2D eigenvalue weighted by atomic mass is 19.2. The molecule has 1 amide bonds. The van der Waals surface area contributed by atoms with E-state index in [4.69, 9.17) is 4.52 Å². The van der Waals surface area contributed by atoms with Gasteiger partial charge in [-0.25, -0.2) is 8.78 Å². The van der Waals surface area contributed by atoms with Crippen molar-refractivity contribution in [3.05, 3.63) is 41.5 Å². The summed E-state index contributed by atoms with van der Waals surface area (Å²) in [5.41, 5.74) is 0.166. The van der Waals surface area contributed by atoms with E-state index in [2.05, 4.69) is 15.5 Å². The van der Waals surface area contributed by atoms with Crippen LogP contribution in [-0.4, -0.2) is 16.0 Å². The van der Waals surface area contributed by atoms with Gasteiger partial charge in [-0.3, -0.25) is 4.79 Å². The Morgan fingerprint density at radius 1 is 1.39 bits per heavy atom. The summed E-state index contributed by atoms with van der Waals surface area (Å²) in [5.74, 6) is -1.86. The average Bonchev–Trinajstić information content (AvgIpc) is 2.69. The highest BCUT2D eigenvalue weighted by Crippen LogP contribution is 2.13. The standard InChI is InChI=1S/C11H9F2N3O2/c1-6-14-10(16-18-6)5-11(17)15-7-2-3-8(12)9(13)4-7/h2-4H,5H2,1H3,(H,15,17). The number of aryl methyl sites for hydroxylation is 1. The Morgan fingerprint density at radius 3 is 2.78 bits per heavy atom. The molecule has 0 radical (unpaired) electrons. The van der Waals surface area contributed by atoms with E-state index in [0.717, 1.165) is 12.1 Å². The molecule has 0 saturated carbocycles. The molecule has 7 heteroatoms. The number of benzene rings is 1. The van der Waals surface area contributed by atoms with Crippen molar-refractivity contribution in [2.24, 2.45) is 0 Å². The molecule has 0 fully saturated rings. The van der Waals surface area contributed by atoms with Crippen molar-refractivity contribution in [3.63, 3.8) is 0 Å². The summed E-state index contributed by atoms with van der Waals surface area (Å²) < 4.78 is 30.3. The minimum Gasteiger partial charge on any atom is -0.340 e. The van der Waals surface area contributed by atoms with Gasteiger partial charge in [-0.15, -0.1) is 0 Å². The van der Waals surface area contributed by atoms with E-state index in [1.165, 1.54) is 6.07 Å². The number of hydrogen-bond acceptors (Lipinski definition) is 4. The Kier molecular flexibility index (Phi) is 3.31. The van der Waals surface area contributed by atoms with Crippen molar-refractivity contribution in [3.8, 4) is 0 Å². The lowest BCUT2D eigenvalue weighted by molar-refractivity contribution is -0.115. The minimum atomic E-state index is -1.02. The van der Waals surface area contributed by atoms with Crippen LogP contribution in [0.15, 0.2) is 22.7 Å². The maximum atomic E-state index is 12.9. The maximum absolute atomic E-state index is 12.9. The second-order valence-corrected chi connectivity index (χ2v) is 3.58. The van der Waals surface area contributed by atoms with Gasteiger partial charge in [0, 0.05) is 18.7 Å². The molecule has 1 heterocycles. The van der Waals surface area contributed by atoms with Crippen molar-refractivity contribution >= 4 is 11.6 Å². The Hall–Kier alpha value is -2.31. The zero-order valence-corrected chi connectivity index (χ0v) is 9.41. The normalized spacial score (nSPS) is 10.4. The first-order chi connectivity index (χ1) is 8.54. The highest BCUT2D eigenvalue weighted by Gasteiger charge is 2.10. The summed E-state index contributed by atoms with van der Waals surface area (Å²) in [5, 5.41) is 5.95. The summed E-state index contributed by atoms with van der Waals surface area (Å²) >= 11 is 0. The number of aromatic nitrogens is 2. The van der Waals surface area contributed by atoms with E-state index in [0.29, 0.717) is 5.89 Å². The van der Waals surface area contributed by atoms with Gasteiger partial charge in [0.2, 0.25) is 11.8 Å². The van der Waals surface area contributed by atoms with E-state index in [1.54, 1.807) is 6.92 Å². The lowest BCUT2D eigenvalue weighted by Crippen LogP contribution is -2.15. The Balaban J connectivity index is 2.00. The average molecular weight is 253 g/mol. The summed E-state index contributed by atoms with van der Waals surface area (Å²) in [4.78, 5) is 15.4. The molecule has 0 unspecified atom stereocenters. The minimum absolute atomic E-state index is 0.101. The van der Waals surface area contributed by atoms with Crippen LogP contribution in [0.25, 0.3) is 0 Å². The molecule has 18 heavy (non-hydrogen) atoms. The lowest BCUT2D eigenvalue weighted by Gasteiger charge is -2.03. The number of nitrogens with one attached hydrogen (secondary N) is 1. The molecular weight excluding hydrogens is 244 g/mol. The van der Waals surface area contributed by atoms with E-state index in [9.17, 15) is 13.6 Å². The Labute approximate surface area is 101 Å². The Morgan fingerprint density at radius 2 is 2.17 bits per heavy atom. The fraction of sp³-hybridized carbons (Fsp3) is 0.182. The zero-order chi connectivity index (χ0) is 13.1. The van der Waals surface area contributed by atoms with Gasteiger partial charge in [0.05, 0.1) is 6.42 Å². The predicted molar refractivity (Wildman–Crippen MR) is 57.7 cm³/mol. The van der Waals surface area contributed by atoms with Gasteiger partial charge in [0.25, 0.3) is 0 Å². The van der Waals surface area contributed by atoms with Gasteiger partial charge < -0.3 is 9.84 Å². The largest absolute Gasteiger partial charge is 0.340 e. The number of carbonyl (C=O) groups excluding carboxylic acids is 1. The molecule has 0 atom stereocenters. The first-order valence-corrected chi connectivity index (χ1v) is 5.08. The summed E-state index contributed by atoms with van der Waals surface area (Å²) in [7, 11) is 0. The molecule has 0 spiro atoms. The molecule has 0 aliphatic heterocycles. The van der Waals surface area contributed by atoms with Crippen molar-refractivity contribution in [2.45, 2.75) is 13.3 Å². The predicted octanol–water partition coefficient (Wildman–Crippen LogP) is 1.84. The van der Waals surface area contributed by atoms with E-state index in [-0.39, 0.29) is 17.9 Å². The van der Waals surface area contributed by atoms with Crippen LogP contribution in [0.1, 0.15) is 11.7 Å². The van der Waals surface area contributed by atoms with Crippen molar-refractivity contribution in [2.75, 3.05) is 5.32 Å². The molecule has 0 aliphatic carbocycles. The third-order valence-corrected chi connectivity index (χ3v) is 2.09. The molecule has 0 aliphatic rings. The van der Waals surface area contributed by atoms with Gasteiger partial charge in [0.1, 0.15) is 0 Å². The first kappa shape index (κ1) is 12.2. The summed E-state index contributed by atoms with van der Waals surface area (Å²) in [6.45, 7) is 1.60. The molecule has 0 bridgehead atoms. The van der Waals surface area contributed by atoms with Crippen molar-refractivity contribution in [1.29, 1.82) is 0 Å². The molecule has 1 N–H and O–H groups in total. The molecule has 1 aromatic carbocycles. The quantitative estimate of drug-likeness (QED) is 0.906. The summed E-state index contributed by atoms with van der Waals surface area (Å²) in [6, 6.07) is 3.09. The number of carbonyl (C=O) groups is 1. The van der Waals surface area contributed by atoms with E-state index in [1.807, 2.05) is 0 Å². The van der Waals surface area contributed by atoms with Crippen LogP contribution in [0.4, 0.5) is 14.5 Å². The number of amides is 1. The first-order valence-electron chi connectivity index (χ1n) is 5.08. The van der Waals surface area contributed by atoms with E-state index < -0.39 is 17.5 Å². The van der Waals surface area contributed by atoms with Crippen LogP contribution in [0, 0.1) is 18.6 Å². The molecule has 5 nitrogen and oxygen atoms in total. The second kappa shape index (κ2) is 4.91. The molecular formula is C11H9F2N3O2. The molecule has 94 valence electrons. The van der Waals surface area contributed by atoms with Crippen LogP contribution in [0.5, 0.6) is 0 Å². The van der Waals surface area contributed by atoms with Gasteiger partial charge in [-0.05, 0) is 12.1 Å². The summed E-state index contributed by atoms with van der Waals surface area (Å²) in [6.07, 6.45) is -0.101. The molecule has 0 saturated heterocycles. The van der Waals surface area contributed by atoms with Gasteiger partial charge in [0.15, 0.2) is 17.5 Å². The van der Waals surface area contributed by atoms with Crippen LogP contribution in [0.2, 0.25) is 0 Å². The number of rotatable bonds is 3. The molecule has 2 rings (SSSR count). The third kappa shape index (κ3) is 2.88.